The standard InChI is InChI=1S/C65H62N4O.Pt/c1-42-29-32-66-60(33-42)69-58-38-49(27-28-52(58)53-39-54-55(40-59(53)69)65(10,11)31-30-64(54,8)9)70-48-22-17-21-47(37-48)67-41-68(57-26-16-15-25-56(57)67)61-50(43-19-13-12-14-20-43)23-18-24-51(61)44-34-45(62(2,3)4)36-46(35-44)63(5,6)7;/h12-29,32-36,39-40H,30-31H2,1-11H3;/q-2;. The van der Waals surface area contributed by atoms with Crippen molar-refractivity contribution >= 4 is 32.8 Å². The SMILES string of the molecule is Cc1ccnc(-n2c3[c-]c(Oc4[c-]c(-n5[c](=[Pt])n(-c6c(-c7ccccc7)cccc6-c6cc(C(C)(C)C)cc(C(C)(C)C)c6)c6ccccc65)ccc4)ccc3c3cc4c(cc32)C(C)(C)CCC4(C)C)c1. The molecule has 7 aromatic carbocycles. The van der Waals surface area contributed by atoms with E-state index in [-0.39, 0.29) is 21.7 Å². The molecule has 0 unspecified atom stereocenters. The number of fused-ring (bicyclic) bond motifs is 5. The van der Waals surface area contributed by atoms with Crippen LogP contribution in [-0.4, -0.2) is 18.7 Å². The van der Waals surface area contributed by atoms with Crippen molar-refractivity contribution in [2.45, 2.75) is 111 Å². The second-order valence-electron chi connectivity index (χ2n) is 23.1. The number of hydrogen-bond acceptors (Lipinski definition) is 2. The molecule has 0 aliphatic heterocycles. The Morgan fingerprint density at radius 2 is 1.15 bits per heavy atom. The number of aryl methyl sites for hydroxylation is 1. The molecule has 0 atom stereocenters. The van der Waals surface area contributed by atoms with Crippen molar-refractivity contribution < 1.29 is 24.1 Å². The van der Waals surface area contributed by atoms with Crippen LogP contribution in [0.2, 0.25) is 0 Å². The fraction of sp³-hybridized carbons (Fsp3) is 0.262. The summed E-state index contributed by atoms with van der Waals surface area (Å²) in [6.07, 6.45) is 4.20. The number of rotatable bonds is 7. The number of pyridine rings is 1. The Morgan fingerprint density at radius 1 is 0.549 bits per heavy atom. The molecule has 11 rings (SSSR count). The number of hydrogen-bond donors (Lipinski definition) is 0. The minimum Gasteiger partial charge on any atom is -0.0558 e. The van der Waals surface area contributed by atoms with Crippen molar-refractivity contribution in [1.29, 1.82) is 0 Å². The molecule has 71 heavy (non-hydrogen) atoms. The minimum atomic E-state index is -0.0393. The molecule has 1 aliphatic rings. The molecule has 0 amide bonds. The quantitative estimate of drug-likeness (QED) is 0.149. The number of para-hydroxylation sites is 3. The molecule has 0 radical (unpaired) electrons. The van der Waals surface area contributed by atoms with Crippen LogP contribution in [0.25, 0.3) is 72.3 Å². The Labute approximate surface area is 430 Å². The molecule has 0 saturated carbocycles. The molecule has 0 saturated heterocycles. The van der Waals surface area contributed by atoms with Crippen LogP contribution in [-0.2, 0) is 41.0 Å². The summed E-state index contributed by atoms with van der Waals surface area (Å²) in [6, 6.07) is 60.5. The third kappa shape index (κ3) is 8.25. The molecule has 0 bridgehead atoms. The molecule has 5 nitrogen and oxygen atoms in total. The van der Waals surface area contributed by atoms with Crippen LogP contribution in [0.1, 0.15) is 110 Å². The van der Waals surface area contributed by atoms with Gasteiger partial charge in [-0.05, 0) is 53.4 Å². The maximum absolute atomic E-state index is 6.83. The van der Waals surface area contributed by atoms with E-state index in [0.29, 0.717) is 11.5 Å². The fourth-order valence-corrected chi connectivity index (χ4v) is 11.8. The Balaban J connectivity index is 1.07. The number of aromatic nitrogens is 4. The summed E-state index contributed by atoms with van der Waals surface area (Å²) < 4.78 is 14.9. The van der Waals surface area contributed by atoms with Crippen LogP contribution in [0.5, 0.6) is 11.5 Å². The fourth-order valence-electron chi connectivity index (χ4n) is 10.7. The molecule has 6 heteroatoms. The van der Waals surface area contributed by atoms with Gasteiger partial charge in [-0.15, -0.1) is 0 Å². The van der Waals surface area contributed by atoms with Crippen molar-refractivity contribution in [3.8, 4) is 50.9 Å². The van der Waals surface area contributed by atoms with Crippen molar-refractivity contribution in [2.24, 2.45) is 0 Å². The zero-order valence-electron chi connectivity index (χ0n) is 42.9. The van der Waals surface area contributed by atoms with E-state index in [0.717, 1.165) is 78.0 Å². The van der Waals surface area contributed by atoms with E-state index in [1.165, 1.54) is 38.8 Å². The molecule has 10 aromatic rings. The molecule has 360 valence electrons. The van der Waals surface area contributed by atoms with Gasteiger partial charge in [0.25, 0.3) is 0 Å². The molecule has 1 aliphatic carbocycles. The predicted octanol–water partition coefficient (Wildman–Crippen LogP) is 17.0. The third-order valence-corrected chi connectivity index (χ3v) is 16.0. The van der Waals surface area contributed by atoms with E-state index in [1.807, 2.05) is 12.3 Å². The van der Waals surface area contributed by atoms with E-state index >= 15 is 0 Å². The number of benzene rings is 7. The van der Waals surface area contributed by atoms with E-state index < -0.39 is 0 Å². The van der Waals surface area contributed by atoms with E-state index in [9.17, 15) is 0 Å². The van der Waals surface area contributed by atoms with E-state index in [2.05, 4.69) is 261 Å². The van der Waals surface area contributed by atoms with Gasteiger partial charge in [0.1, 0.15) is 0 Å². The first-order chi connectivity index (χ1) is 33.8. The van der Waals surface area contributed by atoms with Crippen LogP contribution in [0.3, 0.4) is 0 Å². The molecule has 0 spiro atoms. The van der Waals surface area contributed by atoms with Gasteiger partial charge in [-0.1, -0.05) is 27.7 Å². The van der Waals surface area contributed by atoms with E-state index in [1.54, 1.807) is 0 Å². The van der Waals surface area contributed by atoms with Crippen molar-refractivity contribution in [2.75, 3.05) is 0 Å². The van der Waals surface area contributed by atoms with Crippen LogP contribution in [0, 0.1) is 22.9 Å². The summed E-state index contributed by atoms with van der Waals surface area (Å²) in [7, 11) is 0. The zero-order valence-corrected chi connectivity index (χ0v) is 45.1. The summed E-state index contributed by atoms with van der Waals surface area (Å²) in [6.45, 7) is 25.6. The van der Waals surface area contributed by atoms with Crippen molar-refractivity contribution in [1.82, 2.24) is 18.7 Å². The average Bonchev–Trinajstić information content (AvgIpc) is 3.82. The van der Waals surface area contributed by atoms with Crippen molar-refractivity contribution in [3.63, 3.8) is 0 Å². The topological polar surface area (TPSA) is 36.9 Å². The Morgan fingerprint density at radius 3 is 1.82 bits per heavy atom. The average molecular weight is 1110 g/mol. The normalized spacial score (nSPS) is 14.6. The third-order valence-electron chi connectivity index (χ3n) is 15.0. The van der Waals surface area contributed by atoms with Gasteiger partial charge in [0, 0.05) is 6.20 Å². The molecule has 3 heterocycles. The summed E-state index contributed by atoms with van der Waals surface area (Å²) in [4.78, 5) is 4.94. The molecule has 0 N–H and O–H groups in total. The van der Waals surface area contributed by atoms with Gasteiger partial charge in [-0.2, -0.15) is 0 Å². The first-order valence-corrected chi connectivity index (χ1v) is 26.1. The summed E-state index contributed by atoms with van der Waals surface area (Å²) in [5.74, 6) is 2.09. The summed E-state index contributed by atoms with van der Waals surface area (Å²) in [5.41, 5.74) is 17.6. The van der Waals surface area contributed by atoms with E-state index in [4.69, 9.17) is 9.72 Å². The van der Waals surface area contributed by atoms with Gasteiger partial charge in [-0.25, -0.2) is 0 Å². The van der Waals surface area contributed by atoms with Crippen LogP contribution in [0.15, 0.2) is 152 Å². The smallest absolute Gasteiger partial charge is 0.0558 e. The minimum absolute atomic E-state index is 0.0393. The monoisotopic (exact) mass is 1110 g/mol. The first-order valence-electron chi connectivity index (χ1n) is 25.0. The molecular formula is C65H62N4OPt-2. The van der Waals surface area contributed by atoms with Gasteiger partial charge >= 0.3 is 346 Å². The second-order valence-corrected chi connectivity index (χ2v) is 24.1. The van der Waals surface area contributed by atoms with Crippen LogP contribution >= 0.6 is 0 Å². The molecule has 0 fully saturated rings. The van der Waals surface area contributed by atoms with Crippen LogP contribution in [0.4, 0.5) is 0 Å². The Bertz CT molecular complexity index is 3760. The van der Waals surface area contributed by atoms with Gasteiger partial charge in [-0.3, -0.25) is 0 Å². The van der Waals surface area contributed by atoms with Gasteiger partial charge < -0.3 is 0 Å². The van der Waals surface area contributed by atoms with Gasteiger partial charge in [0.2, 0.25) is 0 Å². The molecule has 3 aromatic heterocycles. The Hall–Kier alpha value is -6.55. The number of nitrogens with zero attached hydrogens (tertiary/aromatic N) is 4. The maximum atomic E-state index is 6.83. The predicted molar refractivity (Wildman–Crippen MR) is 290 cm³/mol. The van der Waals surface area contributed by atoms with Gasteiger partial charge in [0.05, 0.1) is 0 Å². The number of imidazole rings is 1. The second kappa shape index (κ2) is 17.1. The van der Waals surface area contributed by atoms with Crippen LogP contribution < -0.4 is 4.74 Å². The van der Waals surface area contributed by atoms with Gasteiger partial charge in [0.15, 0.2) is 0 Å². The summed E-state index contributed by atoms with van der Waals surface area (Å²) in [5, 5.41) is 2.34. The van der Waals surface area contributed by atoms with Crippen molar-refractivity contribution in [3.05, 3.63) is 196 Å². The number of ether oxygens (including phenoxy) is 1. The summed E-state index contributed by atoms with van der Waals surface area (Å²) >= 11 is 2.52. The first kappa shape index (κ1) is 46.8. The zero-order chi connectivity index (χ0) is 49.8. The molecular weight excluding hydrogens is 1050 g/mol. The Kier molecular flexibility index (Phi) is 11.2.